The van der Waals surface area contributed by atoms with Gasteiger partial charge in [-0.3, -0.25) is 4.57 Å². The van der Waals surface area contributed by atoms with E-state index < -0.39 is 4.92 Å². The smallest absolute Gasteiger partial charge is 0.361 e. The number of imidazole rings is 1. The molecule has 0 spiro atoms. The van der Waals surface area contributed by atoms with E-state index in [9.17, 15) is 10.1 Å². The number of rotatable bonds is 3. The van der Waals surface area contributed by atoms with Gasteiger partial charge in [-0.05, 0) is 34.6 Å². The van der Waals surface area contributed by atoms with Crippen molar-refractivity contribution in [1.82, 2.24) is 9.55 Å². The van der Waals surface area contributed by atoms with Gasteiger partial charge in [0.2, 0.25) is 11.6 Å². The zero-order valence-electron chi connectivity index (χ0n) is 11.3. The van der Waals surface area contributed by atoms with E-state index in [2.05, 4.69) is 24.1 Å². The van der Waals surface area contributed by atoms with Gasteiger partial charge in [0.25, 0.3) is 0 Å². The van der Waals surface area contributed by atoms with E-state index in [0.717, 1.165) is 6.42 Å². The van der Waals surface area contributed by atoms with Gasteiger partial charge in [0, 0.05) is 20.0 Å². The van der Waals surface area contributed by atoms with Gasteiger partial charge in [0.15, 0.2) is 0 Å². The van der Waals surface area contributed by atoms with E-state index >= 15 is 0 Å². The first kappa shape index (κ1) is 12.9. The molecule has 0 radical (unpaired) electrons. The standard InChI is InChI=1S/C12H20N4O2/c1-7-5-6-10(8(7)2)14-11-12(16(17)18)13-9(3)15(11)4/h7-8,10,14H,5-6H2,1-4H3. The Morgan fingerprint density at radius 1 is 1.44 bits per heavy atom. The van der Waals surface area contributed by atoms with E-state index in [-0.39, 0.29) is 5.82 Å². The van der Waals surface area contributed by atoms with Crippen LogP contribution in [0, 0.1) is 28.9 Å². The fraction of sp³-hybridized carbons (Fsp3) is 0.750. The minimum atomic E-state index is -0.418. The summed E-state index contributed by atoms with van der Waals surface area (Å²) in [7, 11) is 1.81. The van der Waals surface area contributed by atoms with E-state index in [1.165, 1.54) is 6.42 Å². The van der Waals surface area contributed by atoms with Crippen molar-refractivity contribution in [2.45, 2.75) is 39.7 Å². The van der Waals surface area contributed by atoms with Crippen LogP contribution in [0.4, 0.5) is 11.6 Å². The Morgan fingerprint density at radius 3 is 2.61 bits per heavy atom. The molecule has 18 heavy (non-hydrogen) atoms. The highest BCUT2D eigenvalue weighted by Gasteiger charge is 2.33. The van der Waals surface area contributed by atoms with Gasteiger partial charge in [-0.15, -0.1) is 0 Å². The van der Waals surface area contributed by atoms with Gasteiger partial charge in [0.1, 0.15) is 0 Å². The van der Waals surface area contributed by atoms with Crippen molar-refractivity contribution in [3.8, 4) is 0 Å². The highest BCUT2D eigenvalue weighted by atomic mass is 16.6. The average Bonchev–Trinajstić information content (AvgIpc) is 2.77. The largest absolute Gasteiger partial charge is 0.406 e. The Balaban J connectivity index is 2.26. The normalized spacial score (nSPS) is 27.4. The molecule has 3 unspecified atom stereocenters. The van der Waals surface area contributed by atoms with Crippen LogP contribution < -0.4 is 5.32 Å². The minimum absolute atomic E-state index is 0.0678. The molecular weight excluding hydrogens is 232 g/mol. The number of nitrogens with one attached hydrogen (secondary N) is 1. The molecular formula is C12H20N4O2. The van der Waals surface area contributed by atoms with Crippen molar-refractivity contribution in [2.75, 3.05) is 5.32 Å². The topological polar surface area (TPSA) is 73.0 Å². The third kappa shape index (κ3) is 2.07. The summed E-state index contributed by atoms with van der Waals surface area (Å²) >= 11 is 0. The molecule has 0 aromatic carbocycles. The SMILES string of the molecule is Cc1nc([N+](=O)[O-])c(NC2CCC(C)C2C)n1C. The van der Waals surface area contributed by atoms with Gasteiger partial charge in [-0.2, -0.15) is 0 Å². The molecule has 100 valence electrons. The maximum absolute atomic E-state index is 11.0. The molecule has 1 aliphatic carbocycles. The molecule has 1 aliphatic rings. The minimum Gasteiger partial charge on any atom is -0.361 e. The van der Waals surface area contributed by atoms with Crippen molar-refractivity contribution in [1.29, 1.82) is 0 Å². The molecule has 1 saturated carbocycles. The Morgan fingerprint density at radius 2 is 2.11 bits per heavy atom. The molecule has 0 bridgehead atoms. The number of aromatic nitrogens is 2. The van der Waals surface area contributed by atoms with Gasteiger partial charge >= 0.3 is 5.82 Å². The first-order valence-electron chi connectivity index (χ1n) is 6.36. The number of hydrogen-bond donors (Lipinski definition) is 1. The van der Waals surface area contributed by atoms with Crippen molar-refractivity contribution in [2.24, 2.45) is 18.9 Å². The lowest BCUT2D eigenvalue weighted by atomic mass is 9.98. The number of anilines is 1. The maximum Gasteiger partial charge on any atom is 0.406 e. The van der Waals surface area contributed by atoms with Crippen LogP contribution in [0.2, 0.25) is 0 Å². The molecule has 1 heterocycles. The summed E-state index contributed by atoms with van der Waals surface area (Å²) in [6.45, 7) is 6.21. The maximum atomic E-state index is 11.0. The molecule has 1 aromatic heterocycles. The summed E-state index contributed by atoms with van der Waals surface area (Å²) in [5.41, 5.74) is 0. The highest BCUT2D eigenvalue weighted by Crippen LogP contribution is 2.35. The molecule has 3 atom stereocenters. The Kier molecular flexibility index (Phi) is 3.28. The fourth-order valence-corrected chi connectivity index (χ4v) is 2.63. The third-order valence-corrected chi connectivity index (χ3v) is 4.26. The van der Waals surface area contributed by atoms with Crippen molar-refractivity contribution in [3.63, 3.8) is 0 Å². The molecule has 0 amide bonds. The summed E-state index contributed by atoms with van der Waals surface area (Å²) in [5, 5.41) is 14.3. The van der Waals surface area contributed by atoms with Crippen molar-refractivity contribution in [3.05, 3.63) is 15.9 Å². The Bertz CT molecular complexity index is 469. The van der Waals surface area contributed by atoms with E-state index in [1.807, 2.05) is 0 Å². The molecule has 2 rings (SSSR count). The van der Waals surface area contributed by atoms with Gasteiger partial charge in [-0.25, -0.2) is 0 Å². The summed E-state index contributed by atoms with van der Waals surface area (Å²) in [5.74, 6) is 2.31. The Labute approximate surface area is 107 Å². The van der Waals surface area contributed by atoms with Crippen LogP contribution >= 0.6 is 0 Å². The quantitative estimate of drug-likeness (QED) is 0.662. The van der Waals surface area contributed by atoms with E-state index in [4.69, 9.17) is 0 Å². The monoisotopic (exact) mass is 252 g/mol. The number of nitrogens with zero attached hydrogens (tertiary/aromatic N) is 3. The summed E-state index contributed by atoms with van der Waals surface area (Å²) in [6, 6.07) is 0.300. The molecule has 1 aromatic rings. The van der Waals surface area contributed by atoms with E-state index in [1.54, 1.807) is 18.5 Å². The van der Waals surface area contributed by atoms with Crippen LogP contribution in [0.1, 0.15) is 32.5 Å². The zero-order valence-corrected chi connectivity index (χ0v) is 11.3. The van der Waals surface area contributed by atoms with Crippen LogP contribution in [-0.4, -0.2) is 20.5 Å². The lowest BCUT2D eigenvalue weighted by molar-refractivity contribution is -0.388. The molecule has 1 fully saturated rings. The van der Waals surface area contributed by atoms with Crippen LogP contribution in [0.15, 0.2) is 0 Å². The summed E-state index contributed by atoms with van der Waals surface area (Å²) in [6.07, 6.45) is 2.23. The first-order valence-corrected chi connectivity index (χ1v) is 6.36. The Hall–Kier alpha value is -1.59. The molecule has 1 N–H and O–H groups in total. The van der Waals surface area contributed by atoms with Gasteiger partial charge < -0.3 is 15.4 Å². The van der Waals surface area contributed by atoms with Crippen LogP contribution in [0.5, 0.6) is 0 Å². The van der Waals surface area contributed by atoms with Crippen LogP contribution in [-0.2, 0) is 7.05 Å². The zero-order chi connectivity index (χ0) is 13.4. The average molecular weight is 252 g/mol. The number of nitro groups is 1. The lowest BCUT2D eigenvalue weighted by Crippen LogP contribution is -2.25. The van der Waals surface area contributed by atoms with Gasteiger partial charge in [-0.1, -0.05) is 13.8 Å². The molecule has 0 saturated heterocycles. The second kappa shape index (κ2) is 4.59. The molecule has 6 heteroatoms. The second-order valence-electron chi connectivity index (χ2n) is 5.31. The van der Waals surface area contributed by atoms with Crippen LogP contribution in [0.3, 0.4) is 0 Å². The van der Waals surface area contributed by atoms with Crippen LogP contribution in [0.25, 0.3) is 0 Å². The highest BCUT2D eigenvalue weighted by molar-refractivity contribution is 5.54. The number of aryl methyl sites for hydroxylation is 1. The predicted molar refractivity (Wildman–Crippen MR) is 69.6 cm³/mol. The lowest BCUT2D eigenvalue weighted by Gasteiger charge is -2.20. The number of hydrogen-bond acceptors (Lipinski definition) is 4. The van der Waals surface area contributed by atoms with E-state index in [0.29, 0.717) is 29.5 Å². The van der Waals surface area contributed by atoms with Crippen molar-refractivity contribution < 1.29 is 4.92 Å². The summed E-state index contributed by atoms with van der Waals surface area (Å²) in [4.78, 5) is 14.6. The predicted octanol–water partition coefficient (Wildman–Crippen LogP) is 2.48. The van der Waals surface area contributed by atoms with Crippen molar-refractivity contribution >= 4 is 11.6 Å². The third-order valence-electron chi connectivity index (χ3n) is 4.26. The first-order chi connectivity index (χ1) is 8.41. The molecule has 0 aliphatic heterocycles. The van der Waals surface area contributed by atoms with Gasteiger partial charge in [0.05, 0.1) is 0 Å². The summed E-state index contributed by atoms with van der Waals surface area (Å²) < 4.78 is 1.76. The fourth-order valence-electron chi connectivity index (χ4n) is 2.63. The second-order valence-corrected chi connectivity index (χ2v) is 5.31. The molecule has 6 nitrogen and oxygen atoms in total.